The largest absolute Gasteiger partial charge is 0.392 e. The van der Waals surface area contributed by atoms with Crippen molar-refractivity contribution in [2.75, 3.05) is 12.8 Å². The summed E-state index contributed by atoms with van der Waals surface area (Å²) in [6.07, 6.45) is 4.20. The van der Waals surface area contributed by atoms with Gasteiger partial charge < -0.3 is 10.4 Å². The summed E-state index contributed by atoms with van der Waals surface area (Å²) in [5, 5.41) is 12.9. The summed E-state index contributed by atoms with van der Waals surface area (Å²) in [7, 11) is -2.98. The van der Waals surface area contributed by atoms with Crippen LogP contribution in [0.4, 0.5) is 0 Å². The predicted octanol–water partition coefficient (Wildman–Crippen LogP) is 1.34. The Bertz CT molecular complexity index is 359. The van der Waals surface area contributed by atoms with Crippen molar-refractivity contribution in [2.24, 2.45) is 5.41 Å². The van der Waals surface area contributed by atoms with Crippen molar-refractivity contribution >= 4 is 9.84 Å². The minimum atomic E-state index is -2.98. The fourth-order valence-electron chi connectivity index (χ4n) is 2.74. The van der Waals surface area contributed by atoms with Gasteiger partial charge in [0.2, 0.25) is 0 Å². The summed E-state index contributed by atoms with van der Waals surface area (Å²) in [4.78, 5) is 0. The smallest absolute Gasteiger partial charge is 0.151 e. The number of sulfone groups is 1. The van der Waals surface area contributed by atoms with Crippen LogP contribution in [0.2, 0.25) is 0 Å². The highest BCUT2D eigenvalue weighted by Crippen LogP contribution is 2.25. The molecule has 0 saturated heterocycles. The lowest BCUT2D eigenvalue weighted by molar-refractivity contribution is 0.117. The third-order valence-corrected chi connectivity index (χ3v) is 5.13. The molecule has 0 aromatic carbocycles. The van der Waals surface area contributed by atoms with Crippen molar-refractivity contribution in [3.05, 3.63) is 0 Å². The fraction of sp³-hybridized carbons (Fsp3) is 1.00. The average Bonchev–Trinajstić information content (AvgIpc) is 2.58. The quantitative estimate of drug-likeness (QED) is 0.796. The Balaban J connectivity index is 2.44. The van der Waals surface area contributed by atoms with Crippen LogP contribution in [0.1, 0.15) is 46.5 Å². The Morgan fingerprint density at radius 1 is 1.33 bits per heavy atom. The molecule has 1 aliphatic rings. The van der Waals surface area contributed by atoms with Gasteiger partial charge in [-0.1, -0.05) is 27.2 Å². The first kappa shape index (κ1) is 15.9. The zero-order chi connectivity index (χ0) is 14.0. The van der Waals surface area contributed by atoms with Gasteiger partial charge in [-0.25, -0.2) is 8.42 Å². The van der Waals surface area contributed by atoms with Crippen LogP contribution in [-0.2, 0) is 9.84 Å². The minimum Gasteiger partial charge on any atom is -0.392 e. The van der Waals surface area contributed by atoms with Crippen LogP contribution < -0.4 is 5.32 Å². The molecule has 1 saturated carbocycles. The molecule has 0 bridgehead atoms. The molecule has 0 aromatic rings. The molecule has 18 heavy (non-hydrogen) atoms. The summed E-state index contributed by atoms with van der Waals surface area (Å²) in [6, 6.07) is 0.00891. The molecule has 0 amide bonds. The highest BCUT2D eigenvalue weighted by atomic mass is 32.2. The van der Waals surface area contributed by atoms with Gasteiger partial charge in [0.25, 0.3) is 0 Å². The summed E-state index contributed by atoms with van der Waals surface area (Å²) in [5.74, 6) is 0. The third-order valence-electron chi connectivity index (χ3n) is 3.47. The van der Waals surface area contributed by atoms with Gasteiger partial charge in [-0.05, 0) is 24.7 Å². The minimum absolute atomic E-state index is 0.00891. The van der Waals surface area contributed by atoms with Gasteiger partial charge in [0.1, 0.15) is 0 Å². The van der Waals surface area contributed by atoms with E-state index in [4.69, 9.17) is 0 Å². The zero-order valence-electron chi connectivity index (χ0n) is 11.9. The van der Waals surface area contributed by atoms with E-state index in [-0.39, 0.29) is 16.7 Å². The number of aliphatic hydroxyl groups is 1. The first-order valence-electron chi connectivity index (χ1n) is 6.70. The van der Waals surface area contributed by atoms with E-state index in [1.54, 1.807) is 0 Å². The van der Waals surface area contributed by atoms with Crippen LogP contribution in [0.5, 0.6) is 0 Å². The number of nitrogens with one attached hydrogen (secondary N) is 1. The van der Waals surface area contributed by atoms with Gasteiger partial charge in [0, 0.05) is 18.8 Å². The standard InChI is InChI=1S/C13H27NO3S/c1-13(2,3)8-10(15)9-14-11-6-5-7-12(11)18(4,16)17/h10-12,14-15H,5-9H2,1-4H3/t10-,11+,12-/m0/s1. The van der Waals surface area contributed by atoms with Crippen molar-refractivity contribution in [2.45, 2.75) is 63.9 Å². The maximum Gasteiger partial charge on any atom is 0.151 e. The lowest BCUT2D eigenvalue weighted by Crippen LogP contribution is -2.43. The molecule has 1 fully saturated rings. The number of aliphatic hydroxyl groups excluding tert-OH is 1. The van der Waals surface area contributed by atoms with Crippen molar-refractivity contribution < 1.29 is 13.5 Å². The van der Waals surface area contributed by atoms with E-state index in [1.165, 1.54) is 6.26 Å². The van der Waals surface area contributed by atoms with E-state index in [2.05, 4.69) is 26.1 Å². The summed E-state index contributed by atoms with van der Waals surface area (Å²) >= 11 is 0. The lowest BCUT2D eigenvalue weighted by atomic mass is 9.89. The predicted molar refractivity (Wildman–Crippen MR) is 74.4 cm³/mol. The monoisotopic (exact) mass is 277 g/mol. The van der Waals surface area contributed by atoms with Crippen molar-refractivity contribution in [3.8, 4) is 0 Å². The Labute approximate surface area is 111 Å². The van der Waals surface area contributed by atoms with E-state index in [0.29, 0.717) is 6.54 Å². The highest BCUT2D eigenvalue weighted by Gasteiger charge is 2.34. The summed E-state index contributed by atoms with van der Waals surface area (Å²) in [6.45, 7) is 6.75. The molecule has 1 aliphatic carbocycles. The highest BCUT2D eigenvalue weighted by molar-refractivity contribution is 7.91. The molecule has 1 rings (SSSR count). The topological polar surface area (TPSA) is 66.4 Å². The van der Waals surface area contributed by atoms with Gasteiger partial charge in [0.05, 0.1) is 11.4 Å². The second kappa shape index (κ2) is 5.88. The van der Waals surface area contributed by atoms with Crippen LogP contribution in [0.15, 0.2) is 0 Å². The Kier molecular flexibility index (Phi) is 5.21. The first-order valence-corrected chi connectivity index (χ1v) is 8.65. The zero-order valence-corrected chi connectivity index (χ0v) is 12.8. The van der Waals surface area contributed by atoms with Gasteiger partial charge in [-0.2, -0.15) is 0 Å². The van der Waals surface area contributed by atoms with E-state index < -0.39 is 15.9 Å². The molecule has 108 valence electrons. The molecule has 0 heterocycles. The second-order valence-electron chi connectivity index (χ2n) is 6.73. The number of hydrogen-bond donors (Lipinski definition) is 2. The summed E-state index contributed by atoms with van der Waals surface area (Å²) < 4.78 is 23.2. The van der Waals surface area contributed by atoms with Gasteiger partial charge in [0.15, 0.2) is 9.84 Å². The van der Waals surface area contributed by atoms with Crippen LogP contribution in [0, 0.1) is 5.41 Å². The molecule has 0 spiro atoms. The van der Waals surface area contributed by atoms with E-state index in [9.17, 15) is 13.5 Å². The second-order valence-corrected chi connectivity index (χ2v) is 9.00. The van der Waals surface area contributed by atoms with Crippen molar-refractivity contribution in [1.82, 2.24) is 5.32 Å². The summed E-state index contributed by atoms with van der Waals surface area (Å²) in [5.41, 5.74) is 0.0903. The Morgan fingerprint density at radius 3 is 2.44 bits per heavy atom. The average molecular weight is 277 g/mol. The number of hydrogen-bond acceptors (Lipinski definition) is 4. The lowest BCUT2D eigenvalue weighted by Gasteiger charge is -2.25. The molecule has 3 atom stereocenters. The van der Waals surface area contributed by atoms with E-state index in [1.807, 2.05) is 0 Å². The van der Waals surface area contributed by atoms with E-state index in [0.717, 1.165) is 25.7 Å². The maximum absolute atomic E-state index is 11.6. The normalized spacial score (nSPS) is 27.4. The molecule has 4 nitrogen and oxygen atoms in total. The van der Waals surface area contributed by atoms with Gasteiger partial charge in [-0.15, -0.1) is 0 Å². The van der Waals surface area contributed by atoms with Crippen molar-refractivity contribution in [3.63, 3.8) is 0 Å². The Morgan fingerprint density at radius 2 is 1.94 bits per heavy atom. The first-order chi connectivity index (χ1) is 8.09. The molecular weight excluding hydrogens is 250 g/mol. The SMILES string of the molecule is CC(C)(C)C[C@H](O)CN[C@@H]1CCC[C@@H]1S(C)(=O)=O. The molecule has 5 heteroatoms. The molecule has 0 unspecified atom stereocenters. The van der Waals surface area contributed by atoms with Crippen LogP contribution >= 0.6 is 0 Å². The maximum atomic E-state index is 11.6. The number of rotatable bonds is 5. The molecule has 0 radical (unpaired) electrons. The Hall–Kier alpha value is -0.130. The molecule has 0 aliphatic heterocycles. The van der Waals surface area contributed by atoms with E-state index >= 15 is 0 Å². The molecular formula is C13H27NO3S. The van der Waals surface area contributed by atoms with Crippen LogP contribution in [0.3, 0.4) is 0 Å². The fourth-order valence-corrected chi connectivity index (χ4v) is 4.16. The molecule has 0 aromatic heterocycles. The van der Waals surface area contributed by atoms with Gasteiger partial charge in [-0.3, -0.25) is 0 Å². The van der Waals surface area contributed by atoms with Crippen LogP contribution in [0.25, 0.3) is 0 Å². The molecule has 2 N–H and O–H groups in total. The third kappa shape index (κ3) is 5.24. The van der Waals surface area contributed by atoms with Crippen molar-refractivity contribution in [1.29, 1.82) is 0 Å². The van der Waals surface area contributed by atoms with Gasteiger partial charge >= 0.3 is 0 Å². The van der Waals surface area contributed by atoms with Crippen LogP contribution in [-0.4, -0.2) is 43.7 Å².